The number of imidazole rings is 1. The van der Waals surface area contributed by atoms with Crippen molar-refractivity contribution in [2.45, 2.75) is 25.7 Å². The Bertz CT molecular complexity index is 1400. The van der Waals surface area contributed by atoms with E-state index in [4.69, 9.17) is 9.47 Å². The molecule has 2 aromatic heterocycles. The van der Waals surface area contributed by atoms with Gasteiger partial charge in [-0.3, -0.25) is 9.29 Å². The highest BCUT2D eigenvalue weighted by Crippen LogP contribution is 2.25. The van der Waals surface area contributed by atoms with Crippen molar-refractivity contribution in [3.05, 3.63) is 78.1 Å². The van der Waals surface area contributed by atoms with Crippen LogP contribution in [0.4, 0.5) is 10.1 Å². The zero-order valence-corrected chi connectivity index (χ0v) is 19.5. The summed E-state index contributed by atoms with van der Waals surface area (Å²) in [6.45, 7) is 5.84. The highest BCUT2D eigenvalue weighted by atomic mass is 32.2. The quantitative estimate of drug-likeness (QED) is 0.395. The second-order valence-electron chi connectivity index (χ2n) is 7.27. The van der Waals surface area contributed by atoms with Crippen LogP contribution in [0.1, 0.15) is 18.3 Å². The van der Waals surface area contributed by atoms with E-state index in [2.05, 4.69) is 19.9 Å². The number of nitrogens with one attached hydrogen (secondary N) is 1. The molecule has 4 aromatic rings. The molecule has 9 nitrogen and oxygen atoms in total. The molecule has 0 saturated carbocycles. The Hall–Kier alpha value is -3.99. The molecule has 0 spiro atoms. The van der Waals surface area contributed by atoms with E-state index in [1.807, 2.05) is 18.4 Å². The van der Waals surface area contributed by atoms with Crippen LogP contribution in [0.2, 0.25) is 0 Å². The van der Waals surface area contributed by atoms with Crippen molar-refractivity contribution in [3.63, 3.8) is 0 Å². The highest BCUT2D eigenvalue weighted by Gasteiger charge is 2.17. The van der Waals surface area contributed by atoms with Gasteiger partial charge in [0, 0.05) is 17.4 Å². The summed E-state index contributed by atoms with van der Waals surface area (Å²) in [5, 5.41) is 8.23. The van der Waals surface area contributed by atoms with Gasteiger partial charge in [-0.2, -0.15) is 0 Å². The molecule has 0 atom stereocenters. The lowest BCUT2D eigenvalue weighted by atomic mass is 10.3. The van der Waals surface area contributed by atoms with Gasteiger partial charge in [-0.15, -0.1) is 10.2 Å². The van der Waals surface area contributed by atoms with E-state index in [1.165, 1.54) is 24.3 Å². The van der Waals surface area contributed by atoms with Crippen LogP contribution in [0.25, 0.3) is 5.82 Å². The summed E-state index contributed by atoms with van der Waals surface area (Å²) < 4.78 is 54.3. The maximum Gasteiger partial charge on any atom is 0.262 e. The smallest absolute Gasteiger partial charge is 0.262 e. The first kappa shape index (κ1) is 23.2. The Morgan fingerprint density at radius 3 is 2.38 bits per heavy atom. The molecule has 0 fully saturated rings. The SMILES string of the molecule is CCOc1ccc(S(=O)(=O)Nc2ccc(Oc3ccc(-n4cnc(C)c4C)nn3)cc2)cc1F. The number of sulfonamides is 1. The molecule has 0 amide bonds. The minimum absolute atomic E-state index is 0.00522. The number of ether oxygens (including phenoxy) is 2. The van der Waals surface area contributed by atoms with Gasteiger partial charge in [0.25, 0.3) is 10.0 Å². The van der Waals surface area contributed by atoms with E-state index in [0.29, 0.717) is 11.6 Å². The molecule has 0 aliphatic rings. The summed E-state index contributed by atoms with van der Waals surface area (Å²) in [4.78, 5) is 4.03. The fraction of sp³-hybridized carbons (Fsp3) is 0.174. The van der Waals surface area contributed by atoms with Gasteiger partial charge in [0.15, 0.2) is 17.4 Å². The number of nitrogens with zero attached hydrogens (tertiary/aromatic N) is 4. The van der Waals surface area contributed by atoms with Gasteiger partial charge in [0.2, 0.25) is 5.88 Å². The summed E-state index contributed by atoms with van der Waals surface area (Å²) in [5.41, 5.74) is 2.16. The Morgan fingerprint density at radius 1 is 1.03 bits per heavy atom. The van der Waals surface area contributed by atoms with Crippen LogP contribution < -0.4 is 14.2 Å². The fourth-order valence-corrected chi connectivity index (χ4v) is 4.14. The Balaban J connectivity index is 1.43. The van der Waals surface area contributed by atoms with Gasteiger partial charge >= 0.3 is 0 Å². The van der Waals surface area contributed by atoms with Crippen LogP contribution in [0.5, 0.6) is 17.4 Å². The molecule has 176 valence electrons. The first-order valence-corrected chi connectivity index (χ1v) is 11.8. The average molecular weight is 484 g/mol. The maximum atomic E-state index is 14.1. The van der Waals surface area contributed by atoms with Gasteiger partial charge in [-0.25, -0.2) is 17.8 Å². The fourth-order valence-electron chi connectivity index (χ4n) is 3.07. The number of hydrogen-bond acceptors (Lipinski definition) is 7. The number of anilines is 1. The Morgan fingerprint density at radius 2 is 1.79 bits per heavy atom. The van der Waals surface area contributed by atoms with E-state index in [-0.39, 0.29) is 28.8 Å². The third-order valence-corrected chi connectivity index (χ3v) is 6.35. The molecule has 34 heavy (non-hydrogen) atoms. The van der Waals surface area contributed by atoms with Crippen molar-refractivity contribution in [1.29, 1.82) is 0 Å². The van der Waals surface area contributed by atoms with Crippen molar-refractivity contribution in [2.24, 2.45) is 0 Å². The maximum absolute atomic E-state index is 14.1. The summed E-state index contributed by atoms with van der Waals surface area (Å²) in [5.74, 6) is 0.567. The minimum Gasteiger partial charge on any atom is -0.491 e. The first-order chi connectivity index (χ1) is 16.3. The van der Waals surface area contributed by atoms with Gasteiger partial charge in [0.1, 0.15) is 12.1 Å². The molecule has 2 heterocycles. The Kier molecular flexibility index (Phi) is 6.46. The van der Waals surface area contributed by atoms with Crippen molar-refractivity contribution in [2.75, 3.05) is 11.3 Å². The lowest BCUT2D eigenvalue weighted by Crippen LogP contribution is -2.13. The van der Waals surface area contributed by atoms with Crippen LogP contribution in [-0.4, -0.2) is 34.8 Å². The lowest BCUT2D eigenvalue weighted by molar-refractivity contribution is 0.321. The van der Waals surface area contributed by atoms with E-state index >= 15 is 0 Å². The van der Waals surface area contributed by atoms with E-state index in [1.54, 1.807) is 37.5 Å². The van der Waals surface area contributed by atoms with Crippen LogP contribution >= 0.6 is 0 Å². The predicted octanol–water partition coefficient (Wildman–Crippen LogP) is 4.41. The molecule has 4 rings (SSSR count). The zero-order valence-electron chi connectivity index (χ0n) is 18.7. The molecular formula is C23H22FN5O4S. The topological polar surface area (TPSA) is 108 Å². The summed E-state index contributed by atoms with van der Waals surface area (Å²) in [7, 11) is -3.99. The number of benzene rings is 2. The lowest BCUT2D eigenvalue weighted by Gasteiger charge is -2.11. The third-order valence-electron chi connectivity index (χ3n) is 4.97. The van der Waals surface area contributed by atoms with Crippen LogP contribution in [0.15, 0.2) is 65.8 Å². The second kappa shape index (κ2) is 9.48. The van der Waals surface area contributed by atoms with Gasteiger partial charge in [-0.1, -0.05) is 0 Å². The number of hydrogen-bond donors (Lipinski definition) is 1. The normalized spacial score (nSPS) is 11.3. The number of aromatic nitrogens is 4. The molecule has 0 aliphatic carbocycles. The van der Waals surface area contributed by atoms with Crippen LogP contribution in [-0.2, 0) is 10.0 Å². The number of rotatable bonds is 8. The molecule has 0 unspecified atom stereocenters. The van der Waals surface area contributed by atoms with Gasteiger partial charge < -0.3 is 9.47 Å². The summed E-state index contributed by atoms with van der Waals surface area (Å²) in [6.07, 6.45) is 1.68. The van der Waals surface area contributed by atoms with Crippen LogP contribution in [0, 0.1) is 19.7 Å². The van der Waals surface area contributed by atoms with Gasteiger partial charge in [-0.05, 0) is 69.3 Å². The average Bonchev–Trinajstić information content (AvgIpc) is 3.15. The van der Waals surface area contributed by atoms with Crippen molar-refractivity contribution >= 4 is 15.7 Å². The predicted molar refractivity (Wildman–Crippen MR) is 124 cm³/mol. The van der Waals surface area contributed by atoms with Crippen molar-refractivity contribution < 1.29 is 22.3 Å². The van der Waals surface area contributed by atoms with E-state index < -0.39 is 15.8 Å². The molecular weight excluding hydrogens is 461 g/mol. The molecule has 11 heteroatoms. The monoisotopic (exact) mass is 483 g/mol. The van der Waals surface area contributed by atoms with E-state index in [0.717, 1.165) is 17.5 Å². The standard InChI is InChI=1S/C23H22FN5O4S/c1-4-32-21-10-9-19(13-20(21)24)34(30,31)28-17-5-7-18(8-6-17)33-23-12-11-22(26-27-23)29-14-25-15(2)16(29)3/h5-14,28H,4H2,1-3H3. The summed E-state index contributed by atoms with van der Waals surface area (Å²) in [6, 6.07) is 13.1. The Labute approximate surface area is 196 Å². The first-order valence-electron chi connectivity index (χ1n) is 10.3. The number of halogens is 1. The van der Waals surface area contributed by atoms with Gasteiger partial charge in [0.05, 0.1) is 17.2 Å². The zero-order chi connectivity index (χ0) is 24.3. The highest BCUT2D eigenvalue weighted by molar-refractivity contribution is 7.92. The molecule has 0 radical (unpaired) electrons. The molecule has 1 N–H and O–H groups in total. The largest absolute Gasteiger partial charge is 0.491 e. The molecule has 2 aromatic carbocycles. The second-order valence-corrected chi connectivity index (χ2v) is 8.95. The molecule has 0 aliphatic heterocycles. The van der Waals surface area contributed by atoms with Crippen molar-refractivity contribution in [1.82, 2.24) is 19.7 Å². The van der Waals surface area contributed by atoms with Crippen molar-refractivity contribution in [3.8, 4) is 23.2 Å². The number of aryl methyl sites for hydroxylation is 1. The van der Waals surface area contributed by atoms with Crippen LogP contribution in [0.3, 0.4) is 0 Å². The minimum atomic E-state index is -3.99. The third kappa shape index (κ3) is 4.99. The summed E-state index contributed by atoms with van der Waals surface area (Å²) >= 11 is 0. The molecule has 0 bridgehead atoms. The van der Waals surface area contributed by atoms with E-state index in [9.17, 15) is 12.8 Å². The molecule has 0 saturated heterocycles.